The number of nitrogens with one attached hydrogen (secondary N) is 1. The van der Waals surface area contributed by atoms with Gasteiger partial charge in [-0.05, 0) is 12.2 Å². The van der Waals surface area contributed by atoms with E-state index in [-0.39, 0.29) is 0 Å². The van der Waals surface area contributed by atoms with E-state index in [9.17, 15) is 0 Å². The molecule has 1 aliphatic rings. The Labute approximate surface area is 92.1 Å². The highest BCUT2D eigenvalue weighted by molar-refractivity contribution is 7.99. The van der Waals surface area contributed by atoms with Crippen molar-refractivity contribution in [1.82, 2.24) is 19.5 Å². The lowest BCUT2D eigenvalue weighted by molar-refractivity contribution is 0.564. The van der Waals surface area contributed by atoms with E-state index >= 15 is 0 Å². The molecule has 0 saturated carbocycles. The highest BCUT2D eigenvalue weighted by atomic mass is 32.2. The van der Waals surface area contributed by atoms with Crippen LogP contribution in [0.2, 0.25) is 0 Å². The van der Waals surface area contributed by atoms with Gasteiger partial charge in [0.25, 0.3) is 0 Å². The van der Waals surface area contributed by atoms with Crippen LogP contribution in [0, 0.1) is 0 Å². The molecular weight excluding hydrogens is 208 g/mol. The van der Waals surface area contributed by atoms with E-state index in [0.717, 1.165) is 11.6 Å². The van der Waals surface area contributed by atoms with E-state index in [1.54, 1.807) is 6.20 Å². The quantitative estimate of drug-likeness (QED) is 0.841. The number of aromatic amines is 1. The van der Waals surface area contributed by atoms with Crippen molar-refractivity contribution in [2.45, 2.75) is 12.5 Å². The number of thioether (sulfide) groups is 1. The van der Waals surface area contributed by atoms with Gasteiger partial charge in [0.05, 0.1) is 0 Å². The van der Waals surface area contributed by atoms with E-state index in [2.05, 4.69) is 25.7 Å². The molecule has 78 valence electrons. The Morgan fingerprint density at radius 3 is 3.13 bits per heavy atom. The fourth-order valence-electron chi connectivity index (χ4n) is 1.92. The summed E-state index contributed by atoms with van der Waals surface area (Å²) in [6.07, 6.45) is 8.72. The molecule has 1 atom stereocenters. The van der Waals surface area contributed by atoms with Gasteiger partial charge < -0.3 is 9.55 Å². The Morgan fingerprint density at radius 1 is 1.40 bits per heavy atom. The first-order chi connectivity index (χ1) is 7.45. The van der Waals surface area contributed by atoms with Crippen molar-refractivity contribution >= 4 is 11.8 Å². The lowest BCUT2D eigenvalue weighted by atomic mass is 10.2. The Balaban J connectivity index is 1.98. The molecule has 0 aromatic carbocycles. The van der Waals surface area contributed by atoms with Crippen LogP contribution in [-0.4, -0.2) is 31.0 Å². The number of imidazole rings is 2. The highest BCUT2D eigenvalue weighted by Crippen LogP contribution is 2.30. The molecular formula is C10H12N4S. The summed E-state index contributed by atoms with van der Waals surface area (Å²) in [7, 11) is 0. The molecule has 1 N–H and O–H groups in total. The Kier molecular flexibility index (Phi) is 2.25. The summed E-state index contributed by atoms with van der Waals surface area (Å²) in [6.45, 7) is 0. The predicted molar refractivity (Wildman–Crippen MR) is 60.8 cm³/mol. The van der Waals surface area contributed by atoms with Crippen LogP contribution in [0.25, 0.3) is 11.6 Å². The van der Waals surface area contributed by atoms with E-state index in [4.69, 9.17) is 0 Å². The third-order valence-corrected chi connectivity index (χ3v) is 3.82. The topological polar surface area (TPSA) is 46.5 Å². The lowest BCUT2D eigenvalue weighted by Gasteiger charge is -2.12. The van der Waals surface area contributed by atoms with Crippen molar-refractivity contribution < 1.29 is 0 Å². The minimum atomic E-state index is 0.581. The first-order valence-corrected chi connectivity index (χ1v) is 6.21. The number of rotatable bonds is 2. The number of aromatic nitrogens is 4. The SMILES string of the molecule is c1c[nH]c(-c2nccn2C2CCSC2)n1. The molecule has 0 amide bonds. The molecule has 3 heterocycles. The van der Waals surface area contributed by atoms with Crippen molar-refractivity contribution in [1.29, 1.82) is 0 Å². The molecule has 1 fully saturated rings. The molecule has 2 aromatic heterocycles. The standard InChI is InChI=1S/C10H12N4S/c1-6-15-7-8(1)14-5-4-13-10(14)9-11-2-3-12-9/h2-5,8H,1,6-7H2,(H,11,12). The van der Waals surface area contributed by atoms with Gasteiger partial charge in [-0.1, -0.05) is 0 Å². The van der Waals surface area contributed by atoms with Crippen LogP contribution < -0.4 is 0 Å². The smallest absolute Gasteiger partial charge is 0.176 e. The van der Waals surface area contributed by atoms with Gasteiger partial charge in [0, 0.05) is 36.6 Å². The average Bonchev–Trinajstić information content (AvgIpc) is 3.01. The van der Waals surface area contributed by atoms with Crippen LogP contribution in [0.5, 0.6) is 0 Å². The summed E-state index contributed by atoms with van der Waals surface area (Å²) in [5.74, 6) is 4.24. The molecule has 4 nitrogen and oxygen atoms in total. The maximum Gasteiger partial charge on any atom is 0.176 e. The van der Waals surface area contributed by atoms with Crippen molar-refractivity contribution in [3.8, 4) is 11.6 Å². The van der Waals surface area contributed by atoms with Gasteiger partial charge in [-0.2, -0.15) is 11.8 Å². The van der Waals surface area contributed by atoms with Crippen LogP contribution >= 0.6 is 11.8 Å². The monoisotopic (exact) mass is 220 g/mol. The predicted octanol–water partition coefficient (Wildman–Crippen LogP) is 1.95. The summed E-state index contributed by atoms with van der Waals surface area (Å²) in [4.78, 5) is 11.7. The third kappa shape index (κ3) is 1.56. The fourth-order valence-corrected chi connectivity index (χ4v) is 3.12. The van der Waals surface area contributed by atoms with E-state index in [1.165, 1.54) is 17.9 Å². The summed E-state index contributed by atoms with van der Waals surface area (Å²) in [5, 5.41) is 0. The zero-order valence-corrected chi connectivity index (χ0v) is 9.07. The third-order valence-electron chi connectivity index (χ3n) is 2.68. The molecule has 0 aliphatic carbocycles. The average molecular weight is 220 g/mol. The molecule has 1 aliphatic heterocycles. The number of hydrogen-bond acceptors (Lipinski definition) is 3. The molecule has 0 spiro atoms. The Bertz CT molecular complexity index is 428. The van der Waals surface area contributed by atoms with E-state index < -0.39 is 0 Å². The number of H-pyrrole nitrogens is 1. The largest absolute Gasteiger partial charge is 0.342 e. The summed E-state index contributed by atoms with van der Waals surface area (Å²) in [6, 6.07) is 0.581. The second-order valence-corrected chi connectivity index (χ2v) is 4.76. The van der Waals surface area contributed by atoms with Crippen molar-refractivity contribution in [3.63, 3.8) is 0 Å². The van der Waals surface area contributed by atoms with Crippen LogP contribution in [0.15, 0.2) is 24.8 Å². The van der Waals surface area contributed by atoms with Crippen LogP contribution in [0.3, 0.4) is 0 Å². The zero-order valence-electron chi connectivity index (χ0n) is 8.26. The van der Waals surface area contributed by atoms with Crippen molar-refractivity contribution in [2.75, 3.05) is 11.5 Å². The molecule has 1 unspecified atom stereocenters. The second kappa shape index (κ2) is 3.73. The summed E-state index contributed by atoms with van der Waals surface area (Å²) >= 11 is 2.01. The Morgan fingerprint density at radius 2 is 2.40 bits per heavy atom. The van der Waals surface area contributed by atoms with Crippen LogP contribution in [0.4, 0.5) is 0 Å². The van der Waals surface area contributed by atoms with E-state index in [1.807, 2.05) is 24.2 Å². The van der Waals surface area contributed by atoms with Crippen LogP contribution in [-0.2, 0) is 0 Å². The summed E-state index contributed by atoms with van der Waals surface area (Å²) in [5.41, 5.74) is 0. The first-order valence-electron chi connectivity index (χ1n) is 5.05. The highest BCUT2D eigenvalue weighted by Gasteiger charge is 2.20. The Hall–Kier alpha value is -1.23. The molecule has 1 saturated heterocycles. The maximum atomic E-state index is 4.36. The van der Waals surface area contributed by atoms with Crippen LogP contribution in [0.1, 0.15) is 12.5 Å². The second-order valence-electron chi connectivity index (χ2n) is 3.61. The van der Waals surface area contributed by atoms with Gasteiger partial charge in [0.2, 0.25) is 0 Å². The van der Waals surface area contributed by atoms with Gasteiger partial charge in [-0.25, -0.2) is 9.97 Å². The van der Waals surface area contributed by atoms with Gasteiger partial charge in [-0.15, -0.1) is 0 Å². The van der Waals surface area contributed by atoms with Gasteiger partial charge in [0.15, 0.2) is 11.6 Å². The maximum absolute atomic E-state index is 4.36. The molecule has 0 bridgehead atoms. The lowest BCUT2D eigenvalue weighted by Crippen LogP contribution is -2.08. The summed E-state index contributed by atoms with van der Waals surface area (Å²) < 4.78 is 2.23. The fraction of sp³-hybridized carbons (Fsp3) is 0.400. The van der Waals surface area contributed by atoms with Gasteiger partial charge in [0.1, 0.15) is 0 Å². The molecule has 15 heavy (non-hydrogen) atoms. The van der Waals surface area contributed by atoms with Gasteiger partial charge >= 0.3 is 0 Å². The molecule has 3 rings (SSSR count). The number of hydrogen-bond donors (Lipinski definition) is 1. The molecule has 0 radical (unpaired) electrons. The minimum Gasteiger partial charge on any atom is -0.342 e. The van der Waals surface area contributed by atoms with Gasteiger partial charge in [-0.3, -0.25) is 0 Å². The number of nitrogens with zero attached hydrogens (tertiary/aromatic N) is 3. The van der Waals surface area contributed by atoms with Crippen molar-refractivity contribution in [2.24, 2.45) is 0 Å². The molecule has 5 heteroatoms. The minimum absolute atomic E-state index is 0.581. The normalized spacial score (nSPS) is 20.9. The first kappa shape index (κ1) is 9.03. The van der Waals surface area contributed by atoms with Crippen molar-refractivity contribution in [3.05, 3.63) is 24.8 Å². The molecule has 2 aromatic rings. The zero-order chi connectivity index (χ0) is 10.1. The van der Waals surface area contributed by atoms with E-state index in [0.29, 0.717) is 6.04 Å².